The van der Waals surface area contributed by atoms with Crippen molar-refractivity contribution in [1.29, 1.82) is 0 Å². The summed E-state index contributed by atoms with van der Waals surface area (Å²) in [6.45, 7) is -0.174. The van der Waals surface area contributed by atoms with E-state index in [9.17, 15) is 9.59 Å². The van der Waals surface area contributed by atoms with Gasteiger partial charge in [0.25, 0.3) is 0 Å². The molecule has 2 atom stereocenters. The molecule has 0 unspecified atom stereocenters. The Labute approximate surface area is 160 Å². The van der Waals surface area contributed by atoms with Crippen LogP contribution in [-0.2, 0) is 9.53 Å². The first-order valence-corrected chi connectivity index (χ1v) is 10.2. The first kappa shape index (κ1) is 16.5. The molecule has 26 heavy (non-hydrogen) atoms. The van der Waals surface area contributed by atoms with Gasteiger partial charge in [-0.3, -0.25) is 9.59 Å². The Balaban J connectivity index is 1.31. The molecule has 4 fully saturated rings. The lowest BCUT2D eigenvalue weighted by atomic mass is 9.49. The highest BCUT2D eigenvalue weighted by molar-refractivity contribution is 9.10. The maximum absolute atomic E-state index is 13.0. The van der Waals surface area contributed by atoms with E-state index in [1.165, 1.54) is 19.3 Å². The minimum absolute atomic E-state index is 0.108. The second kappa shape index (κ2) is 5.69. The van der Waals surface area contributed by atoms with E-state index in [1.54, 1.807) is 6.20 Å². The molecule has 136 valence electrons. The molecule has 1 aromatic carbocycles. The van der Waals surface area contributed by atoms with Gasteiger partial charge in [-0.1, -0.05) is 34.1 Å². The van der Waals surface area contributed by atoms with E-state index in [2.05, 4.69) is 20.9 Å². The molecule has 0 aliphatic heterocycles. The van der Waals surface area contributed by atoms with Crippen molar-refractivity contribution in [3.05, 3.63) is 36.0 Å². The monoisotopic (exact) mass is 415 g/mol. The van der Waals surface area contributed by atoms with Crippen LogP contribution in [0.1, 0.15) is 48.9 Å². The van der Waals surface area contributed by atoms with Crippen LogP contribution in [0, 0.1) is 17.3 Å². The third-order valence-corrected chi connectivity index (χ3v) is 7.57. The van der Waals surface area contributed by atoms with Crippen molar-refractivity contribution >= 4 is 38.6 Å². The van der Waals surface area contributed by atoms with Crippen LogP contribution in [0.5, 0.6) is 0 Å². The fourth-order valence-corrected chi connectivity index (χ4v) is 7.51. The fourth-order valence-electron chi connectivity index (χ4n) is 6.05. The molecule has 6 rings (SSSR count). The molecule has 1 aromatic heterocycles. The second-order valence-corrected chi connectivity index (χ2v) is 10.3. The quantitative estimate of drug-likeness (QED) is 0.449. The molecule has 4 bridgehead atoms. The number of alkyl halides is 1. The number of fused-ring (bicyclic) bond motifs is 1. The molecule has 5 heteroatoms. The molecular formula is C21H22BrNO3. The van der Waals surface area contributed by atoms with Crippen LogP contribution < -0.4 is 0 Å². The van der Waals surface area contributed by atoms with Gasteiger partial charge in [-0.15, -0.1) is 0 Å². The lowest BCUT2D eigenvalue weighted by molar-refractivity contribution is -0.168. The lowest BCUT2D eigenvalue weighted by Crippen LogP contribution is -2.56. The average Bonchev–Trinajstić information content (AvgIpc) is 3.01. The number of para-hydroxylation sites is 1. The number of carbonyl (C=O) groups excluding carboxylic acids is 2. The third-order valence-electron chi connectivity index (χ3n) is 6.65. The van der Waals surface area contributed by atoms with Crippen molar-refractivity contribution in [2.24, 2.45) is 17.3 Å². The van der Waals surface area contributed by atoms with Gasteiger partial charge in [-0.05, 0) is 56.4 Å². The van der Waals surface area contributed by atoms with Crippen LogP contribution in [0.15, 0.2) is 30.5 Å². The summed E-state index contributed by atoms with van der Waals surface area (Å²) in [7, 11) is 0. The molecule has 2 aromatic rings. The number of rotatable bonds is 4. The summed E-state index contributed by atoms with van der Waals surface area (Å²) in [5.41, 5.74) is 1.13. The van der Waals surface area contributed by atoms with Crippen LogP contribution in [0.2, 0.25) is 0 Å². The van der Waals surface area contributed by atoms with Gasteiger partial charge in [0.15, 0.2) is 6.61 Å². The predicted molar refractivity (Wildman–Crippen MR) is 102 cm³/mol. The Hall–Kier alpha value is -1.62. The van der Waals surface area contributed by atoms with E-state index >= 15 is 0 Å². The molecule has 0 spiro atoms. The number of H-pyrrole nitrogens is 1. The first-order valence-electron chi connectivity index (χ1n) is 9.42. The SMILES string of the molecule is O=C(COC(=O)C12C[C@H]3C[C@@H](CC(Br)(C3)C1)C2)c1c[nH]c2ccccc12. The maximum atomic E-state index is 13.0. The molecule has 1 heterocycles. The Morgan fingerprint density at radius 1 is 1.15 bits per heavy atom. The van der Waals surface area contributed by atoms with Crippen LogP contribution in [0.25, 0.3) is 10.9 Å². The average molecular weight is 416 g/mol. The van der Waals surface area contributed by atoms with Crippen molar-refractivity contribution < 1.29 is 14.3 Å². The van der Waals surface area contributed by atoms with E-state index in [-0.39, 0.29) is 28.1 Å². The van der Waals surface area contributed by atoms with Crippen molar-refractivity contribution in [1.82, 2.24) is 4.98 Å². The molecule has 4 saturated carbocycles. The van der Waals surface area contributed by atoms with Gasteiger partial charge in [0.2, 0.25) is 5.78 Å². The predicted octanol–water partition coefficient (Wildman–Crippen LogP) is 4.63. The van der Waals surface area contributed by atoms with Gasteiger partial charge < -0.3 is 9.72 Å². The molecule has 4 aliphatic rings. The maximum Gasteiger partial charge on any atom is 0.312 e. The molecular weight excluding hydrogens is 394 g/mol. The molecule has 4 aliphatic carbocycles. The second-order valence-electron chi connectivity index (χ2n) is 8.64. The molecule has 1 N–H and O–H groups in total. The number of aromatic amines is 1. The van der Waals surface area contributed by atoms with E-state index in [1.807, 2.05) is 24.3 Å². The van der Waals surface area contributed by atoms with E-state index in [0.29, 0.717) is 17.4 Å². The van der Waals surface area contributed by atoms with E-state index in [0.717, 1.165) is 30.2 Å². The molecule has 4 nitrogen and oxygen atoms in total. The summed E-state index contributed by atoms with van der Waals surface area (Å²) >= 11 is 3.92. The Kier molecular flexibility index (Phi) is 3.62. The molecule has 0 saturated heterocycles. The van der Waals surface area contributed by atoms with Crippen molar-refractivity contribution in [2.75, 3.05) is 6.61 Å². The van der Waals surface area contributed by atoms with Crippen molar-refractivity contribution in [3.8, 4) is 0 Å². The standard InChI is InChI=1S/C21H22BrNO3/c22-21-8-13-5-14(9-21)7-20(6-13,12-21)19(25)26-11-18(24)16-10-23-17-4-2-1-3-15(16)17/h1-4,10,13-14,23H,5-9,11-12H2/t13-,14-,20?,21?/m1/s1. The number of halogens is 1. The normalized spacial score (nSPS) is 35.0. The highest BCUT2D eigenvalue weighted by atomic mass is 79.9. The zero-order valence-corrected chi connectivity index (χ0v) is 16.2. The largest absolute Gasteiger partial charge is 0.457 e. The number of nitrogens with one attached hydrogen (secondary N) is 1. The van der Waals surface area contributed by atoms with Crippen LogP contribution in [0.3, 0.4) is 0 Å². The summed E-state index contributed by atoms with van der Waals surface area (Å²) in [5, 5.41) is 0.878. The van der Waals surface area contributed by atoms with Gasteiger partial charge in [0.1, 0.15) is 0 Å². The summed E-state index contributed by atoms with van der Waals surface area (Å²) in [4.78, 5) is 28.7. The zero-order valence-electron chi connectivity index (χ0n) is 14.6. The number of carbonyl (C=O) groups is 2. The highest BCUT2D eigenvalue weighted by Gasteiger charge is 2.60. The van der Waals surface area contributed by atoms with Gasteiger partial charge in [0.05, 0.1) is 5.41 Å². The van der Waals surface area contributed by atoms with Crippen LogP contribution in [0.4, 0.5) is 0 Å². The van der Waals surface area contributed by atoms with Crippen LogP contribution in [-0.4, -0.2) is 27.7 Å². The van der Waals surface area contributed by atoms with Gasteiger partial charge in [0, 0.05) is 27.0 Å². The first-order chi connectivity index (χ1) is 12.5. The smallest absolute Gasteiger partial charge is 0.312 e. The number of benzene rings is 1. The fraction of sp³-hybridized carbons (Fsp3) is 0.524. The van der Waals surface area contributed by atoms with Gasteiger partial charge in [-0.2, -0.15) is 0 Å². The summed E-state index contributed by atoms with van der Waals surface area (Å²) in [6, 6.07) is 7.68. The van der Waals surface area contributed by atoms with Gasteiger partial charge >= 0.3 is 5.97 Å². The number of ether oxygens (including phenoxy) is 1. The van der Waals surface area contributed by atoms with Crippen LogP contribution >= 0.6 is 15.9 Å². The number of ketones is 1. The van der Waals surface area contributed by atoms with E-state index in [4.69, 9.17) is 4.74 Å². The number of hydrogen-bond donors (Lipinski definition) is 1. The number of aromatic nitrogens is 1. The highest BCUT2D eigenvalue weighted by Crippen LogP contribution is 2.64. The summed E-state index contributed by atoms with van der Waals surface area (Å²) < 4.78 is 5.69. The topological polar surface area (TPSA) is 59.2 Å². The summed E-state index contributed by atoms with van der Waals surface area (Å²) in [5.74, 6) is 0.928. The summed E-state index contributed by atoms with van der Waals surface area (Å²) in [6.07, 6.45) is 8.01. The Bertz CT molecular complexity index is 888. The number of esters is 1. The van der Waals surface area contributed by atoms with Crippen molar-refractivity contribution in [3.63, 3.8) is 0 Å². The van der Waals surface area contributed by atoms with E-state index < -0.39 is 0 Å². The minimum atomic E-state index is -0.381. The Morgan fingerprint density at radius 2 is 1.88 bits per heavy atom. The molecule has 0 amide bonds. The Morgan fingerprint density at radius 3 is 2.62 bits per heavy atom. The molecule has 0 radical (unpaired) electrons. The lowest BCUT2D eigenvalue weighted by Gasteiger charge is -2.58. The zero-order chi connectivity index (χ0) is 17.9. The van der Waals surface area contributed by atoms with Crippen molar-refractivity contribution in [2.45, 2.75) is 42.8 Å². The minimum Gasteiger partial charge on any atom is -0.457 e. The van der Waals surface area contributed by atoms with Gasteiger partial charge in [-0.25, -0.2) is 0 Å². The third kappa shape index (κ3) is 2.55. The number of Topliss-reactive ketones (excluding diaryl/α,β-unsaturated/α-hetero) is 1. The number of hydrogen-bond acceptors (Lipinski definition) is 3.